The summed E-state index contributed by atoms with van der Waals surface area (Å²) in [6, 6.07) is 5.02. The SMILES string of the molecule is CC(=O)c1ccc(O)c(CN2CCC(CCO)C2)c1. The second kappa shape index (κ2) is 6.17. The molecule has 1 aromatic carbocycles. The Labute approximate surface area is 113 Å². The molecule has 0 aliphatic carbocycles. The number of benzene rings is 1. The number of carbonyl (C=O) groups excluding carboxylic acids is 1. The second-order valence-corrected chi connectivity index (χ2v) is 5.30. The van der Waals surface area contributed by atoms with Crippen molar-refractivity contribution < 1.29 is 15.0 Å². The molecule has 2 N–H and O–H groups in total. The highest BCUT2D eigenvalue weighted by atomic mass is 16.3. The Morgan fingerprint density at radius 3 is 2.95 bits per heavy atom. The summed E-state index contributed by atoms with van der Waals surface area (Å²) < 4.78 is 0. The van der Waals surface area contributed by atoms with Gasteiger partial charge in [-0.15, -0.1) is 0 Å². The van der Waals surface area contributed by atoms with Gasteiger partial charge < -0.3 is 10.2 Å². The lowest BCUT2D eigenvalue weighted by atomic mass is 10.1. The summed E-state index contributed by atoms with van der Waals surface area (Å²) in [5.41, 5.74) is 1.44. The molecule has 1 unspecified atom stereocenters. The van der Waals surface area contributed by atoms with E-state index in [-0.39, 0.29) is 18.1 Å². The van der Waals surface area contributed by atoms with Gasteiger partial charge in [0.25, 0.3) is 0 Å². The Balaban J connectivity index is 2.03. The first-order chi connectivity index (χ1) is 9.10. The third kappa shape index (κ3) is 3.55. The minimum absolute atomic E-state index is 0.0147. The molecule has 1 heterocycles. The molecule has 1 atom stereocenters. The van der Waals surface area contributed by atoms with Crippen LogP contribution in [-0.4, -0.2) is 40.6 Å². The van der Waals surface area contributed by atoms with E-state index in [2.05, 4.69) is 4.90 Å². The Hall–Kier alpha value is -1.39. The van der Waals surface area contributed by atoms with Gasteiger partial charge in [-0.2, -0.15) is 0 Å². The first-order valence-electron chi connectivity index (χ1n) is 6.76. The molecular formula is C15H21NO3. The summed E-state index contributed by atoms with van der Waals surface area (Å²) in [5.74, 6) is 0.805. The van der Waals surface area contributed by atoms with Crippen LogP contribution < -0.4 is 0 Å². The highest BCUT2D eigenvalue weighted by Crippen LogP contribution is 2.25. The lowest BCUT2D eigenvalue weighted by Gasteiger charge is -2.17. The van der Waals surface area contributed by atoms with E-state index in [0.29, 0.717) is 18.0 Å². The fourth-order valence-corrected chi connectivity index (χ4v) is 2.65. The molecule has 4 heteroatoms. The van der Waals surface area contributed by atoms with Crippen LogP contribution in [-0.2, 0) is 6.54 Å². The van der Waals surface area contributed by atoms with Crippen LogP contribution in [0.5, 0.6) is 5.75 Å². The van der Waals surface area contributed by atoms with E-state index in [0.717, 1.165) is 31.5 Å². The van der Waals surface area contributed by atoms with Crippen LogP contribution in [0.15, 0.2) is 18.2 Å². The molecule has 1 fully saturated rings. The number of likely N-dealkylation sites (tertiary alicyclic amines) is 1. The van der Waals surface area contributed by atoms with E-state index in [9.17, 15) is 9.90 Å². The number of ketones is 1. The van der Waals surface area contributed by atoms with Gasteiger partial charge in [-0.25, -0.2) is 0 Å². The van der Waals surface area contributed by atoms with Crippen molar-refractivity contribution in [2.75, 3.05) is 19.7 Å². The Morgan fingerprint density at radius 1 is 1.47 bits per heavy atom. The molecule has 2 rings (SSSR count). The van der Waals surface area contributed by atoms with Crippen LogP contribution in [0.1, 0.15) is 35.7 Å². The molecule has 104 valence electrons. The second-order valence-electron chi connectivity index (χ2n) is 5.30. The van der Waals surface area contributed by atoms with Gasteiger partial charge in [0.05, 0.1) is 0 Å². The average Bonchev–Trinajstić information content (AvgIpc) is 2.80. The van der Waals surface area contributed by atoms with Crippen molar-refractivity contribution in [2.24, 2.45) is 5.92 Å². The maximum atomic E-state index is 11.4. The van der Waals surface area contributed by atoms with E-state index in [1.165, 1.54) is 6.92 Å². The highest BCUT2D eigenvalue weighted by Gasteiger charge is 2.22. The molecule has 1 aliphatic heterocycles. The number of carbonyl (C=O) groups is 1. The summed E-state index contributed by atoms with van der Waals surface area (Å²) >= 11 is 0. The molecule has 0 aromatic heterocycles. The maximum absolute atomic E-state index is 11.4. The summed E-state index contributed by atoms with van der Waals surface area (Å²) in [7, 11) is 0. The molecule has 1 aliphatic rings. The van der Waals surface area contributed by atoms with Crippen molar-refractivity contribution in [3.05, 3.63) is 29.3 Å². The number of aromatic hydroxyl groups is 1. The summed E-state index contributed by atoms with van der Waals surface area (Å²) in [5, 5.41) is 18.8. The number of phenolic OH excluding ortho intramolecular Hbond substituents is 1. The fourth-order valence-electron chi connectivity index (χ4n) is 2.65. The standard InChI is InChI=1S/C15H21NO3/c1-11(18)13-2-3-15(19)14(8-13)10-16-6-4-12(9-16)5-7-17/h2-3,8,12,17,19H,4-7,9-10H2,1H3. The number of Topliss-reactive ketones (excluding diaryl/α,β-unsaturated/α-hetero) is 1. The van der Waals surface area contributed by atoms with E-state index in [1.54, 1.807) is 18.2 Å². The minimum Gasteiger partial charge on any atom is -0.508 e. The number of aliphatic hydroxyl groups excluding tert-OH is 1. The molecule has 4 nitrogen and oxygen atoms in total. The number of hydrogen-bond acceptors (Lipinski definition) is 4. The van der Waals surface area contributed by atoms with Crippen LogP contribution >= 0.6 is 0 Å². The van der Waals surface area contributed by atoms with Crippen molar-refractivity contribution >= 4 is 5.78 Å². The molecule has 0 bridgehead atoms. The van der Waals surface area contributed by atoms with E-state index in [4.69, 9.17) is 5.11 Å². The summed E-state index contributed by atoms with van der Waals surface area (Å²) in [4.78, 5) is 13.6. The number of rotatable bonds is 5. The van der Waals surface area contributed by atoms with Crippen LogP contribution in [0.2, 0.25) is 0 Å². The fraction of sp³-hybridized carbons (Fsp3) is 0.533. The van der Waals surface area contributed by atoms with Crippen LogP contribution in [0.3, 0.4) is 0 Å². The Kier molecular flexibility index (Phi) is 4.56. The summed E-state index contributed by atoms with van der Waals surface area (Å²) in [6.45, 7) is 4.36. The first kappa shape index (κ1) is 14.0. The van der Waals surface area contributed by atoms with Gasteiger partial charge in [-0.1, -0.05) is 0 Å². The lowest BCUT2D eigenvalue weighted by Crippen LogP contribution is -2.20. The zero-order valence-corrected chi connectivity index (χ0v) is 11.3. The van der Waals surface area contributed by atoms with E-state index in [1.807, 2.05) is 0 Å². The van der Waals surface area contributed by atoms with Gasteiger partial charge in [0.1, 0.15) is 5.75 Å². The number of nitrogens with zero attached hydrogens (tertiary/aromatic N) is 1. The largest absolute Gasteiger partial charge is 0.508 e. The van der Waals surface area contributed by atoms with Gasteiger partial charge in [0.15, 0.2) is 5.78 Å². The molecule has 1 saturated heterocycles. The molecular weight excluding hydrogens is 242 g/mol. The van der Waals surface area contributed by atoms with Gasteiger partial charge in [0.2, 0.25) is 0 Å². The van der Waals surface area contributed by atoms with Gasteiger partial charge >= 0.3 is 0 Å². The Morgan fingerprint density at radius 2 is 2.26 bits per heavy atom. The first-order valence-corrected chi connectivity index (χ1v) is 6.76. The van der Waals surface area contributed by atoms with Gasteiger partial charge in [-0.05, 0) is 50.4 Å². The normalized spacial score (nSPS) is 19.8. The smallest absolute Gasteiger partial charge is 0.159 e. The topological polar surface area (TPSA) is 60.8 Å². The van der Waals surface area contributed by atoms with Crippen molar-refractivity contribution in [3.8, 4) is 5.75 Å². The van der Waals surface area contributed by atoms with E-state index >= 15 is 0 Å². The molecule has 1 aromatic rings. The number of phenols is 1. The molecule has 0 saturated carbocycles. The van der Waals surface area contributed by atoms with Crippen LogP contribution in [0.25, 0.3) is 0 Å². The lowest BCUT2D eigenvalue weighted by molar-refractivity contribution is 0.101. The Bertz CT molecular complexity index is 459. The molecule has 19 heavy (non-hydrogen) atoms. The van der Waals surface area contributed by atoms with Crippen molar-refractivity contribution in [1.29, 1.82) is 0 Å². The third-order valence-electron chi connectivity index (χ3n) is 3.79. The average molecular weight is 263 g/mol. The monoisotopic (exact) mass is 263 g/mol. The number of aliphatic hydroxyl groups is 1. The van der Waals surface area contributed by atoms with Gasteiger partial charge in [-0.3, -0.25) is 9.69 Å². The predicted octanol–water partition coefficient (Wildman–Crippen LogP) is 1.80. The van der Waals surface area contributed by atoms with E-state index < -0.39 is 0 Å². The summed E-state index contributed by atoms with van der Waals surface area (Å²) in [6.07, 6.45) is 1.93. The van der Waals surface area contributed by atoms with Crippen LogP contribution in [0.4, 0.5) is 0 Å². The van der Waals surface area contributed by atoms with Gasteiger partial charge in [0, 0.05) is 30.8 Å². The number of hydrogen-bond donors (Lipinski definition) is 2. The van der Waals surface area contributed by atoms with Crippen molar-refractivity contribution in [3.63, 3.8) is 0 Å². The van der Waals surface area contributed by atoms with Crippen molar-refractivity contribution in [2.45, 2.75) is 26.3 Å². The third-order valence-corrected chi connectivity index (χ3v) is 3.79. The minimum atomic E-state index is 0.0147. The predicted molar refractivity (Wildman–Crippen MR) is 73.2 cm³/mol. The molecule has 0 radical (unpaired) electrons. The highest BCUT2D eigenvalue weighted by molar-refractivity contribution is 5.94. The molecule has 0 amide bonds. The van der Waals surface area contributed by atoms with Crippen LogP contribution in [0, 0.1) is 5.92 Å². The van der Waals surface area contributed by atoms with Crippen molar-refractivity contribution in [1.82, 2.24) is 4.90 Å². The zero-order chi connectivity index (χ0) is 13.8. The zero-order valence-electron chi connectivity index (χ0n) is 11.3. The molecule has 0 spiro atoms. The maximum Gasteiger partial charge on any atom is 0.159 e. The quantitative estimate of drug-likeness (QED) is 0.795.